The maximum Gasteiger partial charge on any atom is 0.191 e. The SMILES string of the molecule is CCCN1C(N)=NCC1c1ccc(OC)cc1. The second-order valence-electron chi connectivity index (χ2n) is 4.18. The summed E-state index contributed by atoms with van der Waals surface area (Å²) in [5.74, 6) is 1.54. The molecule has 4 nitrogen and oxygen atoms in total. The molecule has 17 heavy (non-hydrogen) atoms. The molecule has 0 bridgehead atoms. The largest absolute Gasteiger partial charge is 0.497 e. The number of aliphatic imine (C=N–C) groups is 1. The Morgan fingerprint density at radius 3 is 2.71 bits per heavy atom. The maximum atomic E-state index is 5.90. The van der Waals surface area contributed by atoms with Gasteiger partial charge in [-0.25, -0.2) is 0 Å². The second kappa shape index (κ2) is 5.08. The number of hydrogen-bond donors (Lipinski definition) is 1. The summed E-state index contributed by atoms with van der Waals surface area (Å²) in [6.45, 7) is 3.85. The Morgan fingerprint density at radius 2 is 2.12 bits per heavy atom. The Balaban J connectivity index is 2.16. The van der Waals surface area contributed by atoms with E-state index in [-0.39, 0.29) is 6.04 Å². The van der Waals surface area contributed by atoms with Crippen molar-refractivity contribution in [2.24, 2.45) is 10.7 Å². The Labute approximate surface area is 102 Å². The molecule has 0 aromatic heterocycles. The molecular formula is C13H19N3O. The first-order valence-corrected chi connectivity index (χ1v) is 5.96. The Morgan fingerprint density at radius 1 is 1.41 bits per heavy atom. The minimum atomic E-state index is 0.279. The molecule has 1 aromatic rings. The third-order valence-electron chi connectivity index (χ3n) is 3.06. The summed E-state index contributed by atoms with van der Waals surface area (Å²) in [6.07, 6.45) is 1.07. The smallest absolute Gasteiger partial charge is 0.191 e. The fourth-order valence-corrected chi connectivity index (χ4v) is 2.15. The van der Waals surface area contributed by atoms with Crippen LogP contribution in [0.25, 0.3) is 0 Å². The normalized spacial score (nSPS) is 19.3. The predicted octanol–water partition coefficient (Wildman–Crippen LogP) is 1.78. The van der Waals surface area contributed by atoms with Crippen LogP contribution < -0.4 is 10.5 Å². The number of rotatable bonds is 4. The molecule has 1 atom stereocenters. The lowest BCUT2D eigenvalue weighted by Gasteiger charge is -2.26. The van der Waals surface area contributed by atoms with Crippen molar-refractivity contribution in [3.63, 3.8) is 0 Å². The van der Waals surface area contributed by atoms with E-state index >= 15 is 0 Å². The van der Waals surface area contributed by atoms with E-state index in [1.807, 2.05) is 12.1 Å². The highest BCUT2D eigenvalue weighted by atomic mass is 16.5. The Kier molecular flexibility index (Phi) is 3.52. The van der Waals surface area contributed by atoms with Crippen molar-refractivity contribution in [2.45, 2.75) is 19.4 Å². The predicted molar refractivity (Wildman–Crippen MR) is 69.2 cm³/mol. The summed E-state index contributed by atoms with van der Waals surface area (Å²) in [5, 5.41) is 0. The molecule has 0 amide bonds. The van der Waals surface area contributed by atoms with Crippen LogP contribution in [0.4, 0.5) is 0 Å². The molecule has 4 heteroatoms. The summed E-state index contributed by atoms with van der Waals surface area (Å²) in [6, 6.07) is 8.41. The van der Waals surface area contributed by atoms with Crippen LogP contribution in [0.5, 0.6) is 5.75 Å². The zero-order chi connectivity index (χ0) is 12.3. The lowest BCUT2D eigenvalue weighted by Crippen LogP contribution is -2.36. The second-order valence-corrected chi connectivity index (χ2v) is 4.18. The van der Waals surface area contributed by atoms with Gasteiger partial charge < -0.3 is 15.4 Å². The number of benzene rings is 1. The van der Waals surface area contributed by atoms with Gasteiger partial charge in [0.05, 0.1) is 19.7 Å². The fraction of sp³-hybridized carbons (Fsp3) is 0.462. The van der Waals surface area contributed by atoms with Gasteiger partial charge in [0.15, 0.2) is 5.96 Å². The van der Waals surface area contributed by atoms with Crippen LogP contribution in [0.2, 0.25) is 0 Å². The lowest BCUT2D eigenvalue weighted by atomic mass is 10.1. The van der Waals surface area contributed by atoms with Gasteiger partial charge in [-0.15, -0.1) is 0 Å². The molecule has 0 saturated heterocycles. The minimum absolute atomic E-state index is 0.279. The van der Waals surface area contributed by atoms with Gasteiger partial charge in [-0.1, -0.05) is 19.1 Å². The van der Waals surface area contributed by atoms with Crippen LogP contribution in [0.3, 0.4) is 0 Å². The molecule has 1 aliphatic rings. The van der Waals surface area contributed by atoms with Gasteiger partial charge in [0.2, 0.25) is 0 Å². The van der Waals surface area contributed by atoms with E-state index in [0.29, 0.717) is 5.96 Å². The number of ether oxygens (including phenoxy) is 1. The standard InChI is InChI=1S/C13H19N3O/c1-3-8-16-12(9-15-13(16)14)10-4-6-11(17-2)7-5-10/h4-7,12H,3,8-9H2,1-2H3,(H2,14,15). The molecule has 0 spiro atoms. The molecular weight excluding hydrogens is 214 g/mol. The summed E-state index contributed by atoms with van der Waals surface area (Å²) in [5.41, 5.74) is 7.14. The lowest BCUT2D eigenvalue weighted by molar-refractivity contribution is 0.347. The Hall–Kier alpha value is -1.71. The monoisotopic (exact) mass is 233 g/mol. The third kappa shape index (κ3) is 2.35. The van der Waals surface area contributed by atoms with E-state index in [9.17, 15) is 0 Å². The molecule has 1 aliphatic heterocycles. The molecule has 0 fully saturated rings. The fourth-order valence-electron chi connectivity index (χ4n) is 2.15. The Bertz CT molecular complexity index is 400. The quantitative estimate of drug-likeness (QED) is 0.862. The first-order chi connectivity index (χ1) is 8.26. The van der Waals surface area contributed by atoms with Crippen LogP contribution in [-0.2, 0) is 0 Å². The molecule has 92 valence electrons. The third-order valence-corrected chi connectivity index (χ3v) is 3.06. The summed E-state index contributed by atoms with van der Waals surface area (Å²) >= 11 is 0. The first-order valence-electron chi connectivity index (χ1n) is 5.96. The average Bonchev–Trinajstić information content (AvgIpc) is 2.72. The van der Waals surface area contributed by atoms with Crippen LogP contribution in [0.1, 0.15) is 24.9 Å². The van der Waals surface area contributed by atoms with Crippen molar-refractivity contribution in [1.29, 1.82) is 0 Å². The van der Waals surface area contributed by atoms with Crippen molar-refractivity contribution in [3.05, 3.63) is 29.8 Å². The number of methoxy groups -OCH3 is 1. The molecule has 0 radical (unpaired) electrons. The zero-order valence-electron chi connectivity index (χ0n) is 10.4. The van der Waals surface area contributed by atoms with Gasteiger partial charge >= 0.3 is 0 Å². The average molecular weight is 233 g/mol. The topological polar surface area (TPSA) is 50.8 Å². The van der Waals surface area contributed by atoms with Gasteiger partial charge in [0.25, 0.3) is 0 Å². The summed E-state index contributed by atoms with van der Waals surface area (Å²) in [7, 11) is 1.68. The van der Waals surface area contributed by atoms with Gasteiger partial charge in [0.1, 0.15) is 5.75 Å². The molecule has 0 saturated carbocycles. The molecule has 0 aliphatic carbocycles. The highest BCUT2D eigenvalue weighted by Gasteiger charge is 2.26. The van der Waals surface area contributed by atoms with Gasteiger partial charge in [-0.3, -0.25) is 4.99 Å². The maximum absolute atomic E-state index is 5.90. The van der Waals surface area contributed by atoms with E-state index in [1.54, 1.807) is 7.11 Å². The van der Waals surface area contributed by atoms with Crippen LogP contribution in [-0.4, -0.2) is 31.1 Å². The van der Waals surface area contributed by atoms with Gasteiger partial charge in [-0.2, -0.15) is 0 Å². The molecule has 1 aromatic carbocycles. The van der Waals surface area contributed by atoms with Crippen LogP contribution >= 0.6 is 0 Å². The van der Waals surface area contributed by atoms with Crippen molar-refractivity contribution in [1.82, 2.24) is 4.90 Å². The van der Waals surface area contributed by atoms with Crippen molar-refractivity contribution in [3.8, 4) is 5.75 Å². The highest BCUT2D eigenvalue weighted by Crippen LogP contribution is 2.26. The van der Waals surface area contributed by atoms with E-state index in [2.05, 4.69) is 28.9 Å². The van der Waals surface area contributed by atoms with Crippen LogP contribution in [0, 0.1) is 0 Å². The van der Waals surface area contributed by atoms with Crippen LogP contribution in [0.15, 0.2) is 29.3 Å². The molecule has 2 rings (SSSR count). The summed E-state index contributed by atoms with van der Waals surface area (Å²) in [4.78, 5) is 6.49. The van der Waals surface area contributed by atoms with Crippen molar-refractivity contribution < 1.29 is 4.74 Å². The van der Waals surface area contributed by atoms with Crippen molar-refractivity contribution >= 4 is 5.96 Å². The highest BCUT2D eigenvalue weighted by molar-refractivity contribution is 5.80. The number of nitrogens with zero attached hydrogens (tertiary/aromatic N) is 2. The first kappa shape index (κ1) is 11.8. The summed E-state index contributed by atoms with van der Waals surface area (Å²) < 4.78 is 5.16. The minimum Gasteiger partial charge on any atom is -0.497 e. The van der Waals surface area contributed by atoms with E-state index in [1.165, 1.54) is 5.56 Å². The number of guanidine groups is 1. The number of nitrogens with two attached hydrogens (primary N) is 1. The zero-order valence-corrected chi connectivity index (χ0v) is 10.4. The van der Waals surface area contributed by atoms with Gasteiger partial charge in [0, 0.05) is 6.54 Å². The van der Waals surface area contributed by atoms with E-state index < -0.39 is 0 Å². The molecule has 2 N–H and O–H groups in total. The van der Waals surface area contributed by atoms with Gasteiger partial charge in [-0.05, 0) is 24.1 Å². The van der Waals surface area contributed by atoms with E-state index in [0.717, 1.165) is 25.3 Å². The van der Waals surface area contributed by atoms with Crippen molar-refractivity contribution in [2.75, 3.05) is 20.2 Å². The molecule has 1 heterocycles. The van der Waals surface area contributed by atoms with E-state index in [4.69, 9.17) is 10.5 Å². The number of hydrogen-bond acceptors (Lipinski definition) is 4. The molecule has 1 unspecified atom stereocenters.